The summed E-state index contributed by atoms with van der Waals surface area (Å²) < 4.78 is 68.2. The minimum Gasteiger partial charge on any atom is -0.748 e. The second-order valence-corrected chi connectivity index (χ2v) is 13.8. The van der Waals surface area contributed by atoms with Gasteiger partial charge in [0.15, 0.2) is 5.71 Å². The maximum Gasteiger partial charge on any atom is 1.00 e. The van der Waals surface area contributed by atoms with Gasteiger partial charge in [-0.3, -0.25) is 4.55 Å². The van der Waals surface area contributed by atoms with Crippen molar-refractivity contribution in [3.63, 3.8) is 0 Å². The van der Waals surface area contributed by atoms with Gasteiger partial charge in [-0.15, -0.1) is 0 Å². The molecule has 0 bridgehead atoms. The summed E-state index contributed by atoms with van der Waals surface area (Å²) in [4.78, 5) is 2.16. The first-order chi connectivity index (χ1) is 17.6. The molecule has 0 unspecified atom stereocenters. The number of hydrogen-bond acceptors (Lipinski definition) is 6. The standard InChI is InChI=1S/C28H34N2O6S2.K/c1-27(2)21-12-5-7-14-23(21)29(18-9-10-19-37(31,32)33)25(27)16-11-17-26-28(3,4)22-13-6-8-15-24(22)30(26)20-38(34,35)36;/h5-8,11-17H,9-10,18-20H2,1-4H3,(H-,31,32,33,34,35,36);/q;+1. The van der Waals surface area contributed by atoms with E-state index in [-0.39, 0.29) is 69.0 Å². The third-order valence-corrected chi connectivity index (χ3v) is 8.80. The van der Waals surface area contributed by atoms with Gasteiger partial charge >= 0.3 is 61.5 Å². The van der Waals surface area contributed by atoms with Crippen LogP contribution in [0.4, 0.5) is 11.4 Å². The second kappa shape index (κ2) is 12.0. The first-order valence-corrected chi connectivity index (χ1v) is 15.7. The van der Waals surface area contributed by atoms with Crippen molar-refractivity contribution < 1.29 is 81.9 Å². The molecule has 2 aliphatic heterocycles. The second-order valence-electron chi connectivity index (χ2n) is 10.8. The number of benzene rings is 2. The largest absolute Gasteiger partial charge is 1.00 e. The Balaban J connectivity index is 0.00000420. The SMILES string of the molecule is CC1(C)C(/C=C/C=C2/N(CCCCS(=O)(=O)[O-])c3ccccc3C2(C)C)=[N+](CS(=O)(=O)O)c2ccccc21.[K+]. The summed E-state index contributed by atoms with van der Waals surface area (Å²) >= 11 is 0. The van der Waals surface area contributed by atoms with Crippen LogP contribution in [-0.2, 0) is 31.1 Å². The topological polar surface area (TPSA) is 118 Å². The average Bonchev–Trinajstić information content (AvgIpc) is 3.15. The predicted octanol–water partition coefficient (Wildman–Crippen LogP) is 1.48. The van der Waals surface area contributed by atoms with Crippen LogP contribution in [0.3, 0.4) is 0 Å². The molecular weight excluding hydrogens is 564 g/mol. The third-order valence-electron chi connectivity index (χ3n) is 7.43. The smallest absolute Gasteiger partial charge is 0.748 e. The van der Waals surface area contributed by atoms with E-state index in [1.54, 1.807) is 4.58 Å². The maximum atomic E-state index is 11.9. The number of anilines is 1. The molecule has 0 radical (unpaired) electrons. The Hall–Kier alpha value is -1.15. The average molecular weight is 598 g/mol. The molecule has 0 aromatic heterocycles. The van der Waals surface area contributed by atoms with Gasteiger partial charge in [-0.1, -0.05) is 56.3 Å². The number of unbranched alkanes of at least 4 members (excludes halogenated alkanes) is 1. The molecule has 2 aromatic rings. The number of para-hydroxylation sites is 2. The van der Waals surface area contributed by atoms with Crippen molar-refractivity contribution in [3.05, 3.63) is 83.6 Å². The van der Waals surface area contributed by atoms with E-state index in [1.807, 2.05) is 74.5 Å². The summed E-state index contributed by atoms with van der Waals surface area (Å²) in [5.41, 5.74) is 4.82. The Morgan fingerprint density at radius 2 is 1.54 bits per heavy atom. The molecule has 2 heterocycles. The number of allylic oxidation sites excluding steroid dienone is 4. The number of fused-ring (bicyclic) bond motifs is 2. The summed E-state index contributed by atoms with van der Waals surface area (Å²) in [5, 5.41) is 0. The predicted molar refractivity (Wildman–Crippen MR) is 149 cm³/mol. The quantitative estimate of drug-likeness (QED) is 0.201. The Kier molecular flexibility index (Phi) is 9.95. The molecule has 2 aliphatic rings. The third kappa shape index (κ3) is 7.02. The van der Waals surface area contributed by atoms with E-state index in [0.29, 0.717) is 13.0 Å². The fraction of sp³-hybridized carbons (Fsp3) is 0.393. The van der Waals surface area contributed by atoms with Crippen molar-refractivity contribution in [1.29, 1.82) is 0 Å². The minimum atomic E-state index is -4.28. The van der Waals surface area contributed by atoms with Crippen LogP contribution in [0.1, 0.15) is 51.7 Å². The normalized spacial score (nSPS) is 18.9. The Bertz CT molecular complexity index is 1560. The molecule has 39 heavy (non-hydrogen) atoms. The molecule has 8 nitrogen and oxygen atoms in total. The summed E-state index contributed by atoms with van der Waals surface area (Å²) in [6, 6.07) is 15.6. The van der Waals surface area contributed by atoms with E-state index in [2.05, 4.69) is 24.8 Å². The summed E-state index contributed by atoms with van der Waals surface area (Å²) in [6.45, 7) is 8.85. The van der Waals surface area contributed by atoms with Gasteiger partial charge in [0.05, 0.1) is 15.5 Å². The summed E-state index contributed by atoms with van der Waals surface area (Å²) in [5.74, 6) is -0.933. The van der Waals surface area contributed by atoms with Crippen molar-refractivity contribution >= 4 is 37.3 Å². The molecule has 1 N–H and O–H groups in total. The number of nitrogens with zero attached hydrogens (tertiary/aromatic N) is 2. The Morgan fingerprint density at radius 1 is 0.923 bits per heavy atom. The van der Waals surface area contributed by atoms with Gasteiger partial charge in [0, 0.05) is 46.8 Å². The number of hydrogen-bond donors (Lipinski definition) is 1. The Labute approximate surface area is 274 Å². The first kappa shape index (κ1) is 32.4. The van der Waals surface area contributed by atoms with Gasteiger partial charge in [0.25, 0.3) is 5.88 Å². The monoisotopic (exact) mass is 597 g/mol. The molecule has 2 aromatic carbocycles. The van der Waals surface area contributed by atoms with Gasteiger partial charge in [-0.25, -0.2) is 8.42 Å². The van der Waals surface area contributed by atoms with Crippen molar-refractivity contribution in [2.45, 2.75) is 51.4 Å². The van der Waals surface area contributed by atoms with E-state index in [9.17, 15) is 25.9 Å². The molecule has 204 valence electrons. The van der Waals surface area contributed by atoms with Crippen LogP contribution in [0.2, 0.25) is 0 Å². The van der Waals surface area contributed by atoms with E-state index < -0.39 is 31.5 Å². The van der Waals surface area contributed by atoms with E-state index >= 15 is 0 Å². The van der Waals surface area contributed by atoms with Gasteiger partial charge in [-0.05, 0) is 44.4 Å². The van der Waals surface area contributed by atoms with E-state index in [1.165, 1.54) is 0 Å². The summed E-state index contributed by atoms with van der Waals surface area (Å²) in [7, 11) is -8.53. The molecule has 11 heteroatoms. The van der Waals surface area contributed by atoms with E-state index in [0.717, 1.165) is 33.9 Å². The van der Waals surface area contributed by atoms with Crippen LogP contribution in [0.25, 0.3) is 0 Å². The Morgan fingerprint density at radius 3 is 2.18 bits per heavy atom. The molecule has 0 saturated heterocycles. The van der Waals surface area contributed by atoms with Crippen molar-refractivity contribution in [2.24, 2.45) is 0 Å². The molecule has 0 saturated carbocycles. The van der Waals surface area contributed by atoms with Crippen LogP contribution in [0, 0.1) is 0 Å². The van der Waals surface area contributed by atoms with Crippen LogP contribution >= 0.6 is 0 Å². The first-order valence-electron chi connectivity index (χ1n) is 12.5. The van der Waals surface area contributed by atoms with Crippen molar-refractivity contribution in [1.82, 2.24) is 0 Å². The van der Waals surface area contributed by atoms with E-state index in [4.69, 9.17) is 0 Å². The number of rotatable bonds is 9. The van der Waals surface area contributed by atoms with Gasteiger partial charge < -0.3 is 9.45 Å². The van der Waals surface area contributed by atoms with Crippen LogP contribution in [-0.4, -0.2) is 54.4 Å². The van der Waals surface area contributed by atoms with Gasteiger partial charge in [0.2, 0.25) is 5.69 Å². The zero-order valence-electron chi connectivity index (χ0n) is 23.1. The van der Waals surface area contributed by atoms with Crippen LogP contribution in [0.15, 0.2) is 72.5 Å². The minimum absolute atomic E-state index is 0. The molecule has 0 spiro atoms. The fourth-order valence-electron chi connectivity index (χ4n) is 5.60. The molecular formula is C28H34KN2O6S2+. The molecule has 0 aliphatic carbocycles. The molecule has 0 atom stereocenters. The van der Waals surface area contributed by atoms with Crippen molar-refractivity contribution in [2.75, 3.05) is 23.1 Å². The fourth-order valence-corrected chi connectivity index (χ4v) is 6.77. The molecule has 0 fully saturated rings. The summed E-state index contributed by atoms with van der Waals surface area (Å²) in [6.07, 6.45) is 6.61. The van der Waals surface area contributed by atoms with Gasteiger partial charge in [-0.2, -0.15) is 13.0 Å². The van der Waals surface area contributed by atoms with Crippen LogP contribution in [0.5, 0.6) is 0 Å². The van der Waals surface area contributed by atoms with Gasteiger partial charge in [0.1, 0.15) is 0 Å². The van der Waals surface area contributed by atoms with Crippen LogP contribution < -0.4 is 56.3 Å². The molecule has 4 rings (SSSR count). The zero-order valence-corrected chi connectivity index (χ0v) is 27.8. The maximum absolute atomic E-state index is 11.9. The zero-order chi connectivity index (χ0) is 27.9. The van der Waals surface area contributed by atoms with Crippen molar-refractivity contribution in [3.8, 4) is 0 Å². The molecule has 0 amide bonds.